The number of hydrogen-bond acceptors (Lipinski definition) is 0. The number of fused-ring (bicyclic) bond motifs is 2. The maximum absolute atomic E-state index is 4.66. The molecule has 104 valence electrons. The molecular weight excluding hydrogens is 312 g/mol. The van der Waals surface area contributed by atoms with E-state index in [-0.39, 0.29) is 12.4 Å². The van der Waals surface area contributed by atoms with Crippen molar-refractivity contribution in [2.45, 2.75) is 8.45 Å². The fraction of sp³-hybridized carbons (Fsp3) is 0.105. The molecule has 0 aromatic heterocycles. The summed E-state index contributed by atoms with van der Waals surface area (Å²) >= 11 is -1.51. The van der Waals surface area contributed by atoms with Gasteiger partial charge in [-0.3, -0.25) is 0 Å². The third-order valence-corrected chi connectivity index (χ3v) is 8.47. The zero-order valence-electron chi connectivity index (χ0n) is 11.7. The van der Waals surface area contributed by atoms with Gasteiger partial charge in [0.15, 0.2) is 0 Å². The summed E-state index contributed by atoms with van der Waals surface area (Å²) in [5.41, 5.74) is 5.77. The predicted octanol–water partition coefficient (Wildman–Crippen LogP) is 4.99. The molecule has 2 aromatic carbocycles. The van der Waals surface area contributed by atoms with Crippen LogP contribution in [0.2, 0.25) is 0 Å². The van der Waals surface area contributed by atoms with Crippen LogP contribution < -0.4 is 0 Å². The molecule has 0 fully saturated rings. The molecule has 0 bridgehead atoms. The van der Waals surface area contributed by atoms with Crippen LogP contribution in [0.25, 0.3) is 12.2 Å². The Bertz CT molecular complexity index is 694. The minimum atomic E-state index is -1.51. The average Bonchev–Trinajstić information content (AvgIpc) is 3.11. The van der Waals surface area contributed by atoms with Crippen molar-refractivity contribution in [2.75, 3.05) is 0 Å². The Morgan fingerprint density at radius 2 is 1.14 bits per heavy atom. The van der Waals surface area contributed by atoms with Gasteiger partial charge in [-0.1, -0.05) is 0 Å². The summed E-state index contributed by atoms with van der Waals surface area (Å²) in [7, 11) is 0. The van der Waals surface area contributed by atoms with Gasteiger partial charge in [0.1, 0.15) is 0 Å². The van der Waals surface area contributed by atoms with Crippen LogP contribution in [-0.2, 0) is 17.4 Å². The van der Waals surface area contributed by atoms with Crippen molar-refractivity contribution in [1.82, 2.24) is 0 Å². The Balaban J connectivity index is 0.00000132. The molecule has 0 nitrogen and oxygen atoms in total. The fourth-order valence-electron chi connectivity index (χ4n) is 3.34. The van der Waals surface area contributed by atoms with Gasteiger partial charge >= 0.3 is 126 Å². The zero-order valence-corrected chi connectivity index (χ0v) is 14.1. The second-order valence-corrected chi connectivity index (χ2v) is 9.24. The van der Waals surface area contributed by atoms with Crippen LogP contribution in [0.15, 0.2) is 60.7 Å². The molecule has 2 aromatic rings. The molecule has 0 saturated carbocycles. The summed E-state index contributed by atoms with van der Waals surface area (Å²) in [4.78, 5) is 4.66. The Labute approximate surface area is 138 Å². The summed E-state index contributed by atoms with van der Waals surface area (Å²) in [5, 5.41) is 0. The Morgan fingerprint density at radius 3 is 1.62 bits per heavy atom. The van der Waals surface area contributed by atoms with Gasteiger partial charge in [0.2, 0.25) is 0 Å². The van der Waals surface area contributed by atoms with E-state index >= 15 is 0 Å². The van der Waals surface area contributed by atoms with Crippen molar-refractivity contribution >= 4 is 29.4 Å². The van der Waals surface area contributed by atoms with Crippen LogP contribution in [-0.4, -0.2) is 4.82 Å². The summed E-state index contributed by atoms with van der Waals surface area (Å²) in [6.07, 6.45) is 9.34. The van der Waals surface area contributed by atoms with Crippen LogP contribution in [0.5, 0.6) is 0 Å². The molecule has 2 atom stereocenters. The fourth-order valence-corrected chi connectivity index (χ4v) is 7.08. The molecule has 21 heavy (non-hydrogen) atoms. The normalized spacial score (nSPS) is 20.8. The molecule has 2 aliphatic rings. The van der Waals surface area contributed by atoms with Crippen molar-refractivity contribution in [3.05, 3.63) is 82.9 Å². The topological polar surface area (TPSA) is 0 Å². The molecule has 0 saturated heterocycles. The van der Waals surface area contributed by atoms with Gasteiger partial charge in [0.25, 0.3) is 0 Å². The van der Waals surface area contributed by atoms with Crippen LogP contribution in [0.3, 0.4) is 0 Å². The predicted molar refractivity (Wildman–Crippen MR) is 90.8 cm³/mol. The van der Waals surface area contributed by atoms with E-state index in [0.717, 1.165) is 0 Å². The number of rotatable bonds is 2. The van der Waals surface area contributed by atoms with Gasteiger partial charge in [-0.05, 0) is 0 Å². The molecule has 0 radical (unpaired) electrons. The molecule has 0 spiro atoms. The van der Waals surface area contributed by atoms with E-state index < -0.39 is 17.4 Å². The van der Waals surface area contributed by atoms with Crippen LogP contribution in [0.1, 0.15) is 30.7 Å². The van der Waals surface area contributed by atoms with E-state index in [9.17, 15) is 0 Å². The molecule has 2 aliphatic carbocycles. The third-order valence-electron chi connectivity index (χ3n) is 4.40. The van der Waals surface area contributed by atoms with Gasteiger partial charge in [0, 0.05) is 0 Å². The van der Waals surface area contributed by atoms with Crippen molar-refractivity contribution in [3.63, 3.8) is 0 Å². The molecule has 0 heterocycles. The Hall–Kier alpha value is -1.21. The molecule has 4 rings (SSSR count). The van der Waals surface area contributed by atoms with E-state index in [1.807, 2.05) is 0 Å². The minimum absolute atomic E-state index is 0. The third kappa shape index (κ3) is 2.42. The average molecular weight is 329 g/mol. The van der Waals surface area contributed by atoms with E-state index in [2.05, 4.69) is 77.7 Å². The summed E-state index contributed by atoms with van der Waals surface area (Å²) in [6, 6.07) is 17.6. The van der Waals surface area contributed by atoms with E-state index in [4.69, 9.17) is 0 Å². The van der Waals surface area contributed by atoms with Gasteiger partial charge in [0.05, 0.1) is 0 Å². The van der Waals surface area contributed by atoms with Crippen molar-refractivity contribution in [1.29, 1.82) is 0 Å². The maximum atomic E-state index is 4.66. The van der Waals surface area contributed by atoms with Crippen LogP contribution in [0.4, 0.5) is 0 Å². The van der Waals surface area contributed by atoms with Gasteiger partial charge in [-0.25, -0.2) is 0 Å². The molecule has 0 aliphatic heterocycles. The number of hydrogen-bond donors (Lipinski definition) is 0. The van der Waals surface area contributed by atoms with Gasteiger partial charge in [-0.15, -0.1) is 12.4 Å². The standard InChI is InChI=1S/2C9H7.CH2.ClH.Ti/c2*1-2-5-9-7-3-6-8(9)4-1;;;/h2*1-7H;1H2;1H;. The van der Waals surface area contributed by atoms with Crippen molar-refractivity contribution in [3.8, 4) is 0 Å². The van der Waals surface area contributed by atoms with Crippen LogP contribution >= 0.6 is 12.4 Å². The first-order chi connectivity index (χ1) is 9.84. The molecular formula is C19H17ClTi. The Kier molecular flexibility index (Phi) is 4.13. The monoisotopic (exact) mass is 328 g/mol. The first-order valence-corrected chi connectivity index (χ1v) is 9.98. The van der Waals surface area contributed by atoms with E-state index in [0.29, 0.717) is 8.45 Å². The van der Waals surface area contributed by atoms with Crippen molar-refractivity contribution in [2.24, 2.45) is 0 Å². The first kappa shape index (κ1) is 14.7. The molecule has 0 amide bonds. The molecule has 0 N–H and O–H groups in total. The number of halogens is 1. The Morgan fingerprint density at radius 1 is 0.714 bits per heavy atom. The van der Waals surface area contributed by atoms with E-state index in [1.165, 1.54) is 22.3 Å². The van der Waals surface area contributed by atoms with E-state index in [1.54, 1.807) is 0 Å². The zero-order chi connectivity index (χ0) is 13.5. The molecule has 2 unspecified atom stereocenters. The second-order valence-electron chi connectivity index (χ2n) is 5.51. The summed E-state index contributed by atoms with van der Waals surface area (Å²) < 4.78 is 1.18. The van der Waals surface area contributed by atoms with Crippen LogP contribution in [0, 0.1) is 0 Å². The SMILES string of the molecule is Cl.[CH2]=[Ti]([CH]1C=Cc2ccccc21)[CH]1C=Cc2ccccc21. The summed E-state index contributed by atoms with van der Waals surface area (Å²) in [6.45, 7) is 0. The first-order valence-electron chi connectivity index (χ1n) is 7.07. The second kappa shape index (κ2) is 5.89. The van der Waals surface area contributed by atoms with Gasteiger partial charge in [-0.2, -0.15) is 0 Å². The molecule has 2 heteroatoms. The number of benzene rings is 2. The van der Waals surface area contributed by atoms with Gasteiger partial charge < -0.3 is 0 Å². The quantitative estimate of drug-likeness (QED) is 0.681. The summed E-state index contributed by atoms with van der Waals surface area (Å²) in [5.74, 6) is 0. The number of allylic oxidation sites excluding steroid dienone is 2. The van der Waals surface area contributed by atoms with Crippen molar-refractivity contribution < 1.29 is 17.4 Å².